The van der Waals surface area contributed by atoms with Crippen molar-refractivity contribution >= 4 is 19.7 Å². The minimum Gasteiger partial charge on any atom is -0.386 e. The number of rotatable bonds is 0. The molecule has 0 radical (unpaired) electrons. The van der Waals surface area contributed by atoms with Crippen LogP contribution in [0, 0.1) is 0 Å². The lowest BCUT2D eigenvalue weighted by atomic mass is 9.56. The summed E-state index contributed by atoms with van der Waals surface area (Å²) in [5.74, 6) is 0. The molecule has 5 heteroatoms. The van der Waals surface area contributed by atoms with Crippen LogP contribution in [0.1, 0.15) is 79.9 Å². The monoisotopic (exact) mass is 413 g/mol. The van der Waals surface area contributed by atoms with Gasteiger partial charge in [0.05, 0.1) is 6.17 Å². The first kappa shape index (κ1) is 28.8. The molecule has 1 fully saturated rings. The number of benzene rings is 1. The van der Waals surface area contributed by atoms with Crippen LogP contribution in [0.15, 0.2) is 31.4 Å². The zero-order valence-corrected chi connectivity index (χ0v) is 22.4. The van der Waals surface area contributed by atoms with Crippen molar-refractivity contribution in [3.63, 3.8) is 0 Å². The molecule has 1 saturated heterocycles. The third-order valence-electron chi connectivity index (χ3n) is 6.30. The number of fused-ring (bicyclic) bond motifs is 3. The summed E-state index contributed by atoms with van der Waals surface area (Å²) in [6.07, 6.45) is 1.66. The maximum absolute atomic E-state index is 3.00. The molecular formula is C25H49B2N3. The van der Waals surface area contributed by atoms with E-state index in [4.69, 9.17) is 0 Å². The second-order valence-electron chi connectivity index (χ2n) is 9.79. The van der Waals surface area contributed by atoms with Crippen LogP contribution in [0.2, 0.25) is 13.6 Å². The van der Waals surface area contributed by atoms with Crippen molar-refractivity contribution in [3.8, 4) is 0 Å². The van der Waals surface area contributed by atoms with Crippen LogP contribution >= 0.6 is 0 Å². The number of hydrogen-bond acceptors (Lipinski definition) is 3. The van der Waals surface area contributed by atoms with E-state index in [1.54, 1.807) is 0 Å². The van der Waals surface area contributed by atoms with E-state index in [-0.39, 0.29) is 10.8 Å². The van der Waals surface area contributed by atoms with Crippen LogP contribution in [0.5, 0.6) is 0 Å². The van der Waals surface area contributed by atoms with Crippen molar-refractivity contribution in [2.75, 3.05) is 18.9 Å². The number of likely N-dealkylation sites (N-methyl/N-ethyl adjacent to an activating group) is 1. The van der Waals surface area contributed by atoms with Gasteiger partial charge < -0.3 is 14.3 Å². The van der Waals surface area contributed by atoms with E-state index >= 15 is 0 Å². The Morgan fingerprint density at radius 3 is 1.90 bits per heavy atom. The molecule has 0 amide bonds. The summed E-state index contributed by atoms with van der Waals surface area (Å²) in [5.41, 5.74) is 4.64. The van der Waals surface area contributed by atoms with Gasteiger partial charge in [0.2, 0.25) is 0 Å². The molecule has 1 aromatic carbocycles. The fourth-order valence-electron chi connectivity index (χ4n) is 4.49. The van der Waals surface area contributed by atoms with E-state index in [2.05, 4.69) is 122 Å². The summed E-state index contributed by atoms with van der Waals surface area (Å²) in [5, 5.41) is 0. The zero-order valence-electron chi connectivity index (χ0n) is 22.4. The molecule has 2 aliphatic heterocycles. The molecule has 0 spiro atoms. The Bertz CT molecular complexity index is 654. The van der Waals surface area contributed by atoms with Crippen LogP contribution < -0.4 is 4.81 Å². The second kappa shape index (κ2) is 11.4. The minimum absolute atomic E-state index is 0.129. The van der Waals surface area contributed by atoms with E-state index in [9.17, 15) is 0 Å². The Kier molecular flexibility index (Phi) is 11.0. The highest BCUT2D eigenvalue weighted by molar-refractivity contribution is 6.74. The van der Waals surface area contributed by atoms with Gasteiger partial charge in [0, 0.05) is 11.1 Å². The number of nitrogens with zero attached hydrogens (tertiary/aromatic N) is 3. The summed E-state index contributed by atoms with van der Waals surface area (Å²) in [4.78, 5) is 5.15. The highest BCUT2D eigenvalue weighted by atomic mass is 15.4. The van der Waals surface area contributed by atoms with Gasteiger partial charge in [-0.2, -0.15) is 0 Å². The summed E-state index contributed by atoms with van der Waals surface area (Å²) in [6, 6.07) is 7.14. The van der Waals surface area contributed by atoms with E-state index in [1.807, 2.05) is 13.8 Å². The smallest absolute Gasteiger partial charge is 0.330 e. The first-order valence-electron chi connectivity index (χ1n) is 11.8. The van der Waals surface area contributed by atoms with Gasteiger partial charge >= 0.3 is 6.98 Å². The third-order valence-corrected chi connectivity index (χ3v) is 6.30. The maximum atomic E-state index is 3.00. The van der Waals surface area contributed by atoms with Gasteiger partial charge in [-0.05, 0) is 36.7 Å². The molecule has 2 aliphatic rings. The molecule has 0 aliphatic carbocycles. The van der Waals surface area contributed by atoms with Gasteiger partial charge in [-0.15, -0.1) is 13.2 Å². The fourth-order valence-corrected chi connectivity index (χ4v) is 4.49. The van der Waals surface area contributed by atoms with Crippen LogP contribution in [0.3, 0.4) is 0 Å². The average Bonchev–Trinajstić information content (AvgIpc) is 2.94. The van der Waals surface area contributed by atoms with Crippen LogP contribution in [-0.2, 0) is 10.8 Å². The molecular weight excluding hydrogens is 364 g/mol. The number of hydrogen-bond donors (Lipinski definition) is 0. The average molecular weight is 413 g/mol. The predicted molar refractivity (Wildman–Crippen MR) is 142 cm³/mol. The third kappa shape index (κ3) is 5.34. The van der Waals surface area contributed by atoms with Gasteiger partial charge in [0.1, 0.15) is 0 Å². The molecule has 0 aromatic heterocycles. The van der Waals surface area contributed by atoms with Crippen LogP contribution in [-0.4, -0.2) is 43.8 Å². The highest BCUT2D eigenvalue weighted by Gasteiger charge is 2.55. The van der Waals surface area contributed by atoms with E-state index in [1.165, 1.54) is 23.2 Å². The van der Waals surface area contributed by atoms with Gasteiger partial charge in [-0.25, -0.2) is 0 Å². The van der Waals surface area contributed by atoms with Gasteiger partial charge in [-0.1, -0.05) is 94.5 Å². The molecule has 1 atom stereocenters. The topological polar surface area (TPSA) is 9.72 Å². The lowest BCUT2D eigenvalue weighted by Gasteiger charge is -2.53. The number of anilines is 1. The molecule has 0 saturated carbocycles. The Morgan fingerprint density at radius 2 is 1.47 bits per heavy atom. The standard InChI is InChI=1S/C18H31B2N3.C3H8.C2H6.C2H4/c1-17(2,3)13-10-11-14-15(12-13)23-16(18(14,4)5)21(8)19(6)22(9)20(23)7;1-3-2;2*1-2/h10-12,16H,1-9H3;3H2,1-2H3;1-2H3;1-2H2. The predicted octanol–water partition coefficient (Wildman–Crippen LogP) is 6.77. The first-order chi connectivity index (χ1) is 13.9. The quantitative estimate of drug-likeness (QED) is 0.344. The van der Waals surface area contributed by atoms with Crippen LogP contribution in [0.25, 0.3) is 0 Å². The molecule has 170 valence electrons. The molecule has 3 rings (SSSR count). The highest BCUT2D eigenvalue weighted by Crippen LogP contribution is 2.49. The zero-order chi connectivity index (χ0) is 24.0. The molecule has 30 heavy (non-hydrogen) atoms. The lowest BCUT2D eigenvalue weighted by molar-refractivity contribution is 0.258. The van der Waals surface area contributed by atoms with Crippen molar-refractivity contribution in [1.82, 2.24) is 9.53 Å². The van der Waals surface area contributed by atoms with Crippen LogP contribution in [0.4, 0.5) is 5.69 Å². The first-order valence-corrected chi connectivity index (χ1v) is 11.8. The molecule has 1 aromatic rings. The molecule has 0 N–H and O–H groups in total. The van der Waals surface area contributed by atoms with Crippen molar-refractivity contribution in [2.45, 2.75) is 99.4 Å². The lowest BCUT2D eigenvalue weighted by Crippen LogP contribution is -2.73. The largest absolute Gasteiger partial charge is 0.386 e. The summed E-state index contributed by atoms with van der Waals surface area (Å²) >= 11 is 0. The minimum atomic E-state index is 0.129. The van der Waals surface area contributed by atoms with E-state index < -0.39 is 0 Å². The van der Waals surface area contributed by atoms with Crippen molar-refractivity contribution in [1.29, 1.82) is 0 Å². The van der Waals surface area contributed by atoms with Gasteiger partial charge in [0.15, 0.2) is 0 Å². The van der Waals surface area contributed by atoms with Crippen molar-refractivity contribution in [2.24, 2.45) is 0 Å². The van der Waals surface area contributed by atoms with E-state index in [0.717, 1.165) is 0 Å². The Balaban J connectivity index is 0.00000108. The maximum Gasteiger partial charge on any atom is 0.330 e. The summed E-state index contributed by atoms with van der Waals surface area (Å²) < 4.78 is 2.46. The van der Waals surface area contributed by atoms with Gasteiger partial charge in [0.25, 0.3) is 6.98 Å². The second-order valence-corrected chi connectivity index (χ2v) is 9.79. The molecule has 0 bridgehead atoms. The van der Waals surface area contributed by atoms with Crippen molar-refractivity contribution < 1.29 is 0 Å². The Morgan fingerprint density at radius 1 is 1.00 bits per heavy atom. The Labute approximate surface area is 190 Å². The normalized spacial score (nSPS) is 20.0. The fraction of sp³-hybridized carbons (Fsp3) is 0.680. The molecule has 1 unspecified atom stereocenters. The summed E-state index contributed by atoms with van der Waals surface area (Å²) in [7, 11) is 4.50. The van der Waals surface area contributed by atoms with E-state index in [0.29, 0.717) is 20.1 Å². The summed E-state index contributed by atoms with van der Waals surface area (Å²) in [6.45, 7) is 31.4. The van der Waals surface area contributed by atoms with Crippen molar-refractivity contribution in [3.05, 3.63) is 42.5 Å². The molecule has 2 heterocycles. The van der Waals surface area contributed by atoms with Gasteiger partial charge in [-0.3, -0.25) is 0 Å². The Hall–Kier alpha value is -1.19. The SMILES string of the molecule is C=C.CB1N(C)B(C)N2c3cc(C(C)(C)C)ccc3C(C)(C)C2N1C.CC.CCC. The molecule has 3 nitrogen and oxygen atoms in total.